The summed E-state index contributed by atoms with van der Waals surface area (Å²) in [6.07, 6.45) is 4.02. The van der Waals surface area contributed by atoms with E-state index in [0.717, 1.165) is 21.3 Å². The Bertz CT molecular complexity index is 1060. The molecule has 1 aromatic heterocycles. The highest BCUT2D eigenvalue weighted by molar-refractivity contribution is 9.10. The molecule has 1 unspecified atom stereocenters. The summed E-state index contributed by atoms with van der Waals surface area (Å²) in [5, 5.41) is 5.70. The predicted molar refractivity (Wildman–Crippen MR) is 128 cm³/mol. The fourth-order valence-corrected chi connectivity index (χ4v) is 3.51. The van der Waals surface area contributed by atoms with E-state index in [1.807, 2.05) is 18.2 Å². The monoisotopic (exact) mass is 496 g/mol. The van der Waals surface area contributed by atoms with Gasteiger partial charge in [0, 0.05) is 47.1 Å². The lowest BCUT2D eigenvalue weighted by Gasteiger charge is -2.14. The lowest BCUT2D eigenvalue weighted by Crippen LogP contribution is -2.29. The number of aromatic nitrogens is 1. The molecule has 3 rings (SSSR count). The van der Waals surface area contributed by atoms with Crippen molar-refractivity contribution in [2.24, 2.45) is 5.73 Å². The molecule has 2 aromatic carbocycles. The number of hydrogen-bond donors (Lipinski definition) is 3. The third-order valence-corrected chi connectivity index (χ3v) is 5.40. The van der Waals surface area contributed by atoms with Crippen molar-refractivity contribution in [1.82, 2.24) is 10.3 Å². The molecule has 0 fully saturated rings. The number of halogens is 1. The summed E-state index contributed by atoms with van der Waals surface area (Å²) >= 11 is 3.42. The summed E-state index contributed by atoms with van der Waals surface area (Å²) in [6, 6.07) is 15.7. The molecule has 0 aliphatic heterocycles. The Morgan fingerprint density at radius 1 is 1.09 bits per heavy atom. The van der Waals surface area contributed by atoms with Gasteiger partial charge in [0.15, 0.2) is 0 Å². The van der Waals surface area contributed by atoms with E-state index in [1.165, 1.54) is 0 Å². The zero-order chi connectivity index (χ0) is 22.9. The van der Waals surface area contributed by atoms with Crippen LogP contribution in [0.1, 0.15) is 33.9 Å². The van der Waals surface area contributed by atoms with E-state index in [9.17, 15) is 9.59 Å². The van der Waals surface area contributed by atoms with Crippen molar-refractivity contribution in [3.05, 3.63) is 88.2 Å². The Labute approximate surface area is 195 Å². The second-order valence-corrected chi connectivity index (χ2v) is 8.09. The second kappa shape index (κ2) is 11.4. The van der Waals surface area contributed by atoms with Crippen LogP contribution in [0.5, 0.6) is 5.75 Å². The Morgan fingerprint density at radius 3 is 2.50 bits per heavy atom. The Kier molecular flexibility index (Phi) is 8.35. The number of nitrogens with two attached hydrogens (primary N) is 1. The number of anilines is 1. The maximum atomic E-state index is 12.3. The molecule has 1 atom stereocenters. The van der Waals surface area contributed by atoms with E-state index < -0.39 is 6.04 Å². The van der Waals surface area contributed by atoms with Gasteiger partial charge >= 0.3 is 0 Å². The van der Waals surface area contributed by atoms with Crippen molar-refractivity contribution >= 4 is 33.4 Å². The average molecular weight is 497 g/mol. The highest BCUT2D eigenvalue weighted by Crippen LogP contribution is 2.23. The molecule has 0 aliphatic rings. The summed E-state index contributed by atoms with van der Waals surface area (Å²) in [5.74, 6) is 0.420. The number of nitrogens with one attached hydrogen (secondary N) is 2. The molecule has 0 aliphatic carbocycles. The summed E-state index contributed by atoms with van der Waals surface area (Å²) in [5.41, 5.74) is 9.17. The molecule has 1 heterocycles. The molecule has 2 amide bonds. The lowest BCUT2D eigenvalue weighted by atomic mass is 10.0. The van der Waals surface area contributed by atoms with Crippen LogP contribution in [0.4, 0.5) is 5.69 Å². The highest BCUT2D eigenvalue weighted by atomic mass is 79.9. The third-order valence-electron chi connectivity index (χ3n) is 4.91. The fraction of sp³-hybridized carbons (Fsp3) is 0.208. The minimum absolute atomic E-state index is 0.131. The van der Waals surface area contributed by atoms with Gasteiger partial charge in [-0.15, -0.1) is 0 Å². The number of carbonyl (C=O) groups is 2. The predicted octanol–water partition coefficient (Wildman–Crippen LogP) is 3.85. The number of benzene rings is 2. The number of methoxy groups -OCH3 is 1. The number of amides is 2. The SMILES string of the molecule is COc1cc(Br)ccc1CCNC(=O)CC(N)c1ccc(C(=O)Nc2ccncc2)cc1. The number of hydrogen-bond acceptors (Lipinski definition) is 5. The maximum Gasteiger partial charge on any atom is 0.255 e. The van der Waals surface area contributed by atoms with Gasteiger partial charge in [0.2, 0.25) is 5.91 Å². The largest absolute Gasteiger partial charge is 0.496 e. The summed E-state index contributed by atoms with van der Waals surface area (Å²) in [7, 11) is 1.62. The van der Waals surface area contributed by atoms with E-state index in [-0.39, 0.29) is 18.2 Å². The molecule has 32 heavy (non-hydrogen) atoms. The van der Waals surface area contributed by atoms with Gasteiger partial charge in [-0.05, 0) is 53.9 Å². The number of carbonyl (C=O) groups excluding carboxylic acids is 2. The van der Waals surface area contributed by atoms with E-state index in [1.54, 1.807) is 55.9 Å². The van der Waals surface area contributed by atoms with Crippen LogP contribution in [-0.2, 0) is 11.2 Å². The Hall–Kier alpha value is -3.23. The van der Waals surface area contributed by atoms with Gasteiger partial charge < -0.3 is 21.1 Å². The number of nitrogens with zero attached hydrogens (tertiary/aromatic N) is 1. The smallest absolute Gasteiger partial charge is 0.255 e. The quantitative estimate of drug-likeness (QED) is 0.417. The zero-order valence-corrected chi connectivity index (χ0v) is 19.3. The van der Waals surface area contributed by atoms with Crippen LogP contribution in [-0.4, -0.2) is 30.5 Å². The fourth-order valence-electron chi connectivity index (χ4n) is 3.17. The molecular formula is C24H25BrN4O3. The zero-order valence-electron chi connectivity index (χ0n) is 17.7. The van der Waals surface area contributed by atoms with Gasteiger partial charge in [0.25, 0.3) is 5.91 Å². The van der Waals surface area contributed by atoms with Crippen LogP contribution < -0.4 is 21.1 Å². The van der Waals surface area contributed by atoms with Crippen molar-refractivity contribution in [2.45, 2.75) is 18.9 Å². The van der Waals surface area contributed by atoms with Gasteiger partial charge in [-0.2, -0.15) is 0 Å². The molecule has 166 valence electrons. The van der Waals surface area contributed by atoms with E-state index in [4.69, 9.17) is 10.5 Å². The first-order valence-corrected chi connectivity index (χ1v) is 10.9. The van der Waals surface area contributed by atoms with Crippen molar-refractivity contribution in [3.8, 4) is 5.75 Å². The van der Waals surface area contributed by atoms with Gasteiger partial charge in [-0.25, -0.2) is 0 Å². The van der Waals surface area contributed by atoms with Gasteiger partial charge in [0.05, 0.1) is 7.11 Å². The Balaban J connectivity index is 1.48. The number of rotatable bonds is 9. The molecule has 7 nitrogen and oxygen atoms in total. The van der Waals surface area contributed by atoms with Crippen molar-refractivity contribution < 1.29 is 14.3 Å². The number of pyridine rings is 1. The molecule has 3 aromatic rings. The minimum atomic E-state index is -0.463. The van der Waals surface area contributed by atoms with Crippen LogP contribution in [0, 0.1) is 0 Å². The van der Waals surface area contributed by atoms with E-state index >= 15 is 0 Å². The van der Waals surface area contributed by atoms with Crippen LogP contribution >= 0.6 is 15.9 Å². The molecule has 0 saturated carbocycles. The lowest BCUT2D eigenvalue weighted by molar-refractivity contribution is -0.121. The molecule has 4 N–H and O–H groups in total. The normalized spacial score (nSPS) is 11.5. The average Bonchev–Trinajstić information content (AvgIpc) is 2.80. The highest BCUT2D eigenvalue weighted by Gasteiger charge is 2.13. The van der Waals surface area contributed by atoms with Crippen molar-refractivity contribution in [2.75, 3.05) is 19.0 Å². The summed E-state index contributed by atoms with van der Waals surface area (Å²) in [6.45, 7) is 0.484. The van der Waals surface area contributed by atoms with Crippen LogP contribution in [0.3, 0.4) is 0 Å². The molecular weight excluding hydrogens is 472 g/mol. The standard InChI is InChI=1S/C24H25BrN4O3/c1-32-22-14-19(25)7-6-17(22)8-13-28-23(30)15-21(26)16-2-4-18(5-3-16)24(31)29-20-9-11-27-12-10-20/h2-7,9-12,14,21H,8,13,15,26H2,1H3,(H,28,30)(H,27,29,31). The van der Waals surface area contributed by atoms with E-state index in [0.29, 0.717) is 24.2 Å². The van der Waals surface area contributed by atoms with E-state index in [2.05, 4.69) is 31.5 Å². The number of ether oxygens (including phenoxy) is 1. The first-order chi connectivity index (χ1) is 15.5. The summed E-state index contributed by atoms with van der Waals surface area (Å²) < 4.78 is 6.31. The van der Waals surface area contributed by atoms with Crippen molar-refractivity contribution in [1.29, 1.82) is 0 Å². The third kappa shape index (κ3) is 6.63. The van der Waals surface area contributed by atoms with Gasteiger partial charge in [-0.1, -0.05) is 34.1 Å². The van der Waals surface area contributed by atoms with Gasteiger partial charge in [0.1, 0.15) is 5.75 Å². The molecule has 0 saturated heterocycles. The topological polar surface area (TPSA) is 106 Å². The summed E-state index contributed by atoms with van der Waals surface area (Å²) in [4.78, 5) is 28.6. The van der Waals surface area contributed by atoms with Crippen LogP contribution in [0.25, 0.3) is 0 Å². The molecule has 0 bridgehead atoms. The van der Waals surface area contributed by atoms with Crippen LogP contribution in [0.15, 0.2) is 71.5 Å². The minimum Gasteiger partial charge on any atom is -0.496 e. The first kappa shape index (κ1) is 23.4. The molecule has 0 spiro atoms. The van der Waals surface area contributed by atoms with Crippen LogP contribution in [0.2, 0.25) is 0 Å². The van der Waals surface area contributed by atoms with Gasteiger partial charge in [-0.3, -0.25) is 14.6 Å². The maximum absolute atomic E-state index is 12.3. The Morgan fingerprint density at radius 2 is 1.81 bits per heavy atom. The second-order valence-electron chi connectivity index (χ2n) is 7.18. The molecule has 0 radical (unpaired) electrons. The van der Waals surface area contributed by atoms with Crippen molar-refractivity contribution in [3.63, 3.8) is 0 Å². The first-order valence-electron chi connectivity index (χ1n) is 10.1. The molecule has 8 heteroatoms.